The lowest BCUT2D eigenvalue weighted by Crippen LogP contribution is -2.45. The van der Waals surface area contributed by atoms with Gasteiger partial charge in [0, 0.05) is 51.0 Å². The van der Waals surface area contributed by atoms with E-state index in [4.69, 9.17) is 15.0 Å². The average molecular weight is 517 g/mol. The maximum atomic E-state index is 14.8. The molecule has 1 saturated carbocycles. The second-order valence-corrected chi connectivity index (χ2v) is 10.6. The number of hydrogen-bond donors (Lipinski definition) is 0. The standard InChI is InChI=1S/C28H30F2N8/c1-2-35-9-11-36(12-10-35)18-21-15-32-25(17-31-21)22-16-33-38-8-6-26(34-27(22)38)37-7-5-19-14-28(19,37)23-13-20(29)3-4-24(23)30/h3-4,6,8,13,15-17,19H,2,5,7,9-12,14,18H2,1H3/t19-,28+/m0/s1. The van der Waals surface area contributed by atoms with Crippen LogP contribution in [0.15, 0.2) is 49.1 Å². The topological polar surface area (TPSA) is 65.7 Å². The first-order chi connectivity index (χ1) is 18.5. The van der Waals surface area contributed by atoms with Crippen molar-refractivity contribution in [2.24, 2.45) is 5.92 Å². The number of nitrogens with zero attached hydrogens (tertiary/aromatic N) is 8. The van der Waals surface area contributed by atoms with Gasteiger partial charge in [0.1, 0.15) is 17.5 Å². The zero-order valence-corrected chi connectivity index (χ0v) is 21.4. The van der Waals surface area contributed by atoms with Gasteiger partial charge in [0.2, 0.25) is 0 Å². The molecule has 2 saturated heterocycles. The summed E-state index contributed by atoms with van der Waals surface area (Å²) in [5.74, 6) is 0.248. The maximum Gasteiger partial charge on any atom is 0.166 e. The van der Waals surface area contributed by atoms with Crippen molar-refractivity contribution in [3.63, 3.8) is 0 Å². The molecule has 3 aromatic heterocycles. The first kappa shape index (κ1) is 23.6. The Morgan fingerprint density at radius 2 is 1.82 bits per heavy atom. The lowest BCUT2D eigenvalue weighted by Gasteiger charge is -2.33. The molecule has 0 N–H and O–H groups in total. The maximum absolute atomic E-state index is 14.8. The van der Waals surface area contributed by atoms with Crippen molar-refractivity contribution in [3.05, 3.63) is 71.9 Å². The number of halogens is 2. The highest BCUT2D eigenvalue weighted by Crippen LogP contribution is 2.63. The predicted molar refractivity (Wildman–Crippen MR) is 140 cm³/mol. The lowest BCUT2D eigenvalue weighted by atomic mass is 10.0. The molecule has 7 rings (SSSR count). The first-order valence-electron chi connectivity index (χ1n) is 13.4. The molecule has 0 spiro atoms. The Morgan fingerprint density at radius 1 is 0.974 bits per heavy atom. The highest BCUT2D eigenvalue weighted by atomic mass is 19.1. The number of anilines is 1. The number of piperidine rings is 1. The summed E-state index contributed by atoms with van der Waals surface area (Å²) in [5, 5.41) is 4.47. The van der Waals surface area contributed by atoms with Gasteiger partial charge in [-0.25, -0.2) is 18.3 Å². The molecule has 5 heterocycles. The number of hydrogen-bond acceptors (Lipinski definition) is 7. The van der Waals surface area contributed by atoms with Crippen molar-refractivity contribution in [1.29, 1.82) is 0 Å². The molecule has 10 heteroatoms. The fraction of sp³-hybridized carbons (Fsp3) is 0.429. The summed E-state index contributed by atoms with van der Waals surface area (Å²) < 4.78 is 30.6. The number of piperazine rings is 1. The highest BCUT2D eigenvalue weighted by Gasteiger charge is 2.64. The summed E-state index contributed by atoms with van der Waals surface area (Å²) in [7, 11) is 0. The Kier molecular flexibility index (Phi) is 5.63. The van der Waals surface area contributed by atoms with Gasteiger partial charge in [-0.2, -0.15) is 5.10 Å². The largest absolute Gasteiger partial charge is 0.346 e. The van der Waals surface area contributed by atoms with Crippen molar-refractivity contribution in [1.82, 2.24) is 34.4 Å². The molecular formula is C28H30F2N8. The minimum absolute atomic E-state index is 0.296. The molecule has 196 valence electrons. The van der Waals surface area contributed by atoms with E-state index in [2.05, 4.69) is 26.7 Å². The zero-order valence-electron chi connectivity index (χ0n) is 21.4. The van der Waals surface area contributed by atoms with E-state index >= 15 is 0 Å². The van der Waals surface area contributed by atoms with Gasteiger partial charge in [0.15, 0.2) is 5.65 Å². The number of benzene rings is 1. The zero-order chi connectivity index (χ0) is 25.9. The van der Waals surface area contributed by atoms with Gasteiger partial charge in [-0.3, -0.25) is 14.9 Å². The predicted octanol–water partition coefficient (Wildman–Crippen LogP) is 3.73. The van der Waals surface area contributed by atoms with Crippen molar-refractivity contribution in [2.45, 2.75) is 31.8 Å². The van der Waals surface area contributed by atoms with Crippen LogP contribution in [0.5, 0.6) is 0 Å². The highest BCUT2D eigenvalue weighted by molar-refractivity contribution is 5.75. The van der Waals surface area contributed by atoms with Gasteiger partial charge in [-0.15, -0.1) is 0 Å². The van der Waals surface area contributed by atoms with Gasteiger partial charge in [-0.1, -0.05) is 6.92 Å². The van der Waals surface area contributed by atoms with Crippen molar-refractivity contribution < 1.29 is 8.78 Å². The molecule has 4 aromatic rings. The number of aromatic nitrogens is 5. The third-order valence-corrected chi connectivity index (χ3v) is 8.56. The van der Waals surface area contributed by atoms with Crippen LogP contribution in [0.25, 0.3) is 16.9 Å². The summed E-state index contributed by atoms with van der Waals surface area (Å²) in [5.41, 5.74) is 2.99. The van der Waals surface area contributed by atoms with E-state index in [1.54, 1.807) is 16.9 Å². The van der Waals surface area contributed by atoms with Gasteiger partial charge >= 0.3 is 0 Å². The summed E-state index contributed by atoms with van der Waals surface area (Å²) in [4.78, 5) is 21.4. The van der Waals surface area contributed by atoms with Crippen molar-refractivity contribution >= 4 is 11.5 Å². The van der Waals surface area contributed by atoms with Gasteiger partial charge in [0.05, 0.1) is 41.1 Å². The molecule has 0 amide bonds. The van der Waals surface area contributed by atoms with Crippen LogP contribution < -0.4 is 4.90 Å². The minimum Gasteiger partial charge on any atom is -0.346 e. The third-order valence-electron chi connectivity index (χ3n) is 8.56. The molecule has 1 aromatic carbocycles. The third kappa shape index (κ3) is 3.85. The van der Waals surface area contributed by atoms with Crippen LogP contribution in [0.3, 0.4) is 0 Å². The fourth-order valence-corrected chi connectivity index (χ4v) is 6.35. The molecule has 2 aliphatic heterocycles. The fourth-order valence-electron chi connectivity index (χ4n) is 6.35. The Labute approximate surface area is 219 Å². The number of likely N-dealkylation sites (N-methyl/N-ethyl adjacent to an activating group) is 1. The summed E-state index contributed by atoms with van der Waals surface area (Å²) in [6, 6.07) is 5.64. The van der Waals surface area contributed by atoms with Crippen LogP contribution in [0.2, 0.25) is 0 Å². The molecule has 8 nitrogen and oxygen atoms in total. The van der Waals surface area contributed by atoms with Crippen LogP contribution in [-0.4, -0.2) is 73.6 Å². The Morgan fingerprint density at radius 3 is 2.58 bits per heavy atom. The molecule has 3 fully saturated rings. The lowest BCUT2D eigenvalue weighted by molar-refractivity contribution is 0.130. The average Bonchev–Trinajstić information content (AvgIpc) is 3.32. The molecule has 1 aliphatic carbocycles. The van der Waals surface area contributed by atoms with Gasteiger partial charge in [-0.05, 0) is 49.6 Å². The van der Waals surface area contributed by atoms with E-state index in [-0.39, 0.29) is 5.82 Å². The smallest absolute Gasteiger partial charge is 0.166 e. The summed E-state index contributed by atoms with van der Waals surface area (Å²) in [6.45, 7) is 9.08. The summed E-state index contributed by atoms with van der Waals surface area (Å²) >= 11 is 0. The van der Waals surface area contributed by atoms with E-state index < -0.39 is 11.4 Å². The number of fused-ring (bicyclic) bond motifs is 2. The normalized spacial score (nSPS) is 23.8. The second kappa shape index (κ2) is 9.06. The van der Waals surface area contributed by atoms with Crippen molar-refractivity contribution in [2.75, 3.05) is 44.2 Å². The molecule has 3 aliphatic rings. The van der Waals surface area contributed by atoms with Gasteiger partial charge < -0.3 is 9.80 Å². The van der Waals surface area contributed by atoms with E-state index in [1.807, 2.05) is 18.5 Å². The van der Waals surface area contributed by atoms with Crippen LogP contribution in [0.4, 0.5) is 14.6 Å². The monoisotopic (exact) mass is 516 g/mol. The van der Waals surface area contributed by atoms with Gasteiger partial charge in [0.25, 0.3) is 0 Å². The van der Waals surface area contributed by atoms with Crippen LogP contribution in [-0.2, 0) is 12.1 Å². The molecule has 0 bridgehead atoms. The minimum atomic E-state index is -0.540. The Balaban J connectivity index is 1.15. The van der Waals surface area contributed by atoms with E-state index in [1.165, 1.54) is 18.2 Å². The van der Waals surface area contributed by atoms with E-state index in [0.29, 0.717) is 22.8 Å². The van der Waals surface area contributed by atoms with Crippen molar-refractivity contribution in [3.8, 4) is 11.3 Å². The van der Waals surface area contributed by atoms with E-state index in [9.17, 15) is 8.78 Å². The first-order valence-corrected chi connectivity index (χ1v) is 13.4. The van der Waals surface area contributed by atoms with Crippen LogP contribution in [0, 0.1) is 17.6 Å². The van der Waals surface area contributed by atoms with Crippen LogP contribution in [0.1, 0.15) is 31.0 Å². The number of rotatable bonds is 6. The quantitative estimate of drug-likeness (QED) is 0.387. The van der Waals surface area contributed by atoms with E-state index in [0.717, 1.165) is 75.7 Å². The summed E-state index contributed by atoms with van der Waals surface area (Å²) in [6.07, 6.45) is 8.98. The molecule has 0 radical (unpaired) electrons. The molecular weight excluding hydrogens is 486 g/mol. The molecule has 2 atom stereocenters. The molecule has 38 heavy (non-hydrogen) atoms. The Bertz CT molecular complexity index is 1480. The molecule has 0 unspecified atom stereocenters. The van der Waals surface area contributed by atoms with Crippen LogP contribution >= 0.6 is 0 Å². The SMILES string of the molecule is CCN1CCN(Cc2cnc(-c3cnn4ccc(N5CC[C@H]6C[C@]65c5cc(F)ccc5F)nc34)cn2)CC1. The Hall–Kier alpha value is -3.50. The second-order valence-electron chi connectivity index (χ2n) is 10.6.